The zero-order valence-electron chi connectivity index (χ0n) is 15.6. The number of nitriles is 1. The lowest BCUT2D eigenvalue weighted by molar-refractivity contribution is -0.131. The number of thioether (sulfide) groups is 1. The van der Waals surface area contributed by atoms with Gasteiger partial charge in [0, 0.05) is 11.4 Å². The number of carbonyl (C=O) groups is 1. The van der Waals surface area contributed by atoms with Gasteiger partial charge in [0.2, 0.25) is 11.8 Å². The smallest absolute Gasteiger partial charge is 0.312 e. The summed E-state index contributed by atoms with van der Waals surface area (Å²) in [6.45, 7) is 2.26. The van der Waals surface area contributed by atoms with E-state index in [4.69, 9.17) is 27.0 Å². The highest BCUT2D eigenvalue weighted by molar-refractivity contribution is 8.00. The number of rotatable bonds is 7. The lowest BCUT2D eigenvalue weighted by Crippen LogP contribution is -2.35. The number of nitrogen functional groups attached to an aromatic ring is 1. The summed E-state index contributed by atoms with van der Waals surface area (Å²) in [4.78, 5) is 15.6. The molecule has 3 aromatic rings. The van der Waals surface area contributed by atoms with Crippen LogP contribution in [0.15, 0.2) is 57.8 Å². The molecule has 1 aromatic heterocycles. The quantitative estimate of drug-likeness (QED) is 0.569. The van der Waals surface area contributed by atoms with Crippen molar-refractivity contribution in [1.29, 1.82) is 5.26 Å². The molecule has 0 spiro atoms. The Balaban J connectivity index is 1.79. The van der Waals surface area contributed by atoms with Crippen molar-refractivity contribution >= 4 is 35.3 Å². The van der Waals surface area contributed by atoms with E-state index in [2.05, 4.69) is 16.3 Å². The molecule has 0 aliphatic rings. The normalized spacial score (nSPS) is 11.6. The molecule has 1 amide bonds. The molecular formula is C20H18ClN5O2S. The van der Waals surface area contributed by atoms with E-state index >= 15 is 0 Å². The highest BCUT2D eigenvalue weighted by Crippen LogP contribution is 2.31. The summed E-state index contributed by atoms with van der Waals surface area (Å²) in [6, 6.07) is 16.5. The number of nitrogens with two attached hydrogens (primary N) is 1. The van der Waals surface area contributed by atoms with Gasteiger partial charge < -0.3 is 15.1 Å². The number of aromatic nitrogens is 2. The van der Waals surface area contributed by atoms with Gasteiger partial charge in [-0.25, -0.2) is 0 Å². The van der Waals surface area contributed by atoms with Gasteiger partial charge in [0.05, 0.1) is 28.5 Å². The fraction of sp³-hybridized carbons (Fsp3) is 0.200. The predicted molar refractivity (Wildman–Crippen MR) is 111 cm³/mol. The highest BCUT2D eigenvalue weighted by atomic mass is 35.5. The molecule has 1 heterocycles. The Kier molecular flexibility index (Phi) is 6.75. The molecule has 148 valence electrons. The van der Waals surface area contributed by atoms with Crippen LogP contribution in [0.2, 0.25) is 5.02 Å². The van der Waals surface area contributed by atoms with E-state index in [1.165, 1.54) is 11.8 Å². The second-order valence-electron chi connectivity index (χ2n) is 6.23. The van der Waals surface area contributed by atoms with Gasteiger partial charge in [-0.2, -0.15) is 5.26 Å². The van der Waals surface area contributed by atoms with Crippen LogP contribution in [0, 0.1) is 11.3 Å². The average Bonchev–Trinajstić information content (AvgIpc) is 3.14. The first-order valence-corrected chi connectivity index (χ1v) is 9.99. The minimum Gasteiger partial charge on any atom is -0.406 e. The van der Waals surface area contributed by atoms with Crippen molar-refractivity contribution in [1.82, 2.24) is 15.1 Å². The Hall–Kier alpha value is -3.02. The number of amides is 1. The lowest BCUT2D eigenvalue weighted by Gasteiger charge is -2.24. The maximum absolute atomic E-state index is 13.2. The summed E-state index contributed by atoms with van der Waals surface area (Å²) in [5.74, 6) is 0.135. The zero-order chi connectivity index (χ0) is 20.8. The Morgan fingerprint density at radius 3 is 2.59 bits per heavy atom. The standard InChI is InChI=1S/C20H18ClN5O2S/c1-13(29-17-5-3-2-4-16(17)21)19(27)26(12-18-24-25-20(23)28-18)11-15-8-6-14(10-22)7-9-15/h2-9,13H,11-12H2,1H3,(H2,23,25)/t13-/m1/s1. The van der Waals surface area contributed by atoms with Crippen molar-refractivity contribution in [3.63, 3.8) is 0 Å². The summed E-state index contributed by atoms with van der Waals surface area (Å²) in [6.07, 6.45) is 0. The second kappa shape index (κ2) is 9.45. The summed E-state index contributed by atoms with van der Waals surface area (Å²) in [5.41, 5.74) is 6.93. The average molecular weight is 428 g/mol. The van der Waals surface area contributed by atoms with Crippen LogP contribution in [-0.2, 0) is 17.9 Å². The minimum absolute atomic E-state index is 0.0516. The van der Waals surface area contributed by atoms with Crippen LogP contribution in [0.4, 0.5) is 6.01 Å². The molecule has 0 radical (unpaired) electrons. The number of nitrogens with zero attached hydrogens (tertiary/aromatic N) is 4. The molecule has 7 nitrogen and oxygen atoms in total. The van der Waals surface area contributed by atoms with E-state index in [0.717, 1.165) is 10.5 Å². The van der Waals surface area contributed by atoms with Crippen LogP contribution >= 0.6 is 23.4 Å². The molecule has 0 bridgehead atoms. The Bertz CT molecular complexity index is 1030. The Morgan fingerprint density at radius 2 is 1.97 bits per heavy atom. The summed E-state index contributed by atoms with van der Waals surface area (Å²) >= 11 is 7.61. The SMILES string of the molecule is C[C@@H](Sc1ccccc1Cl)C(=O)N(Cc1ccc(C#N)cc1)Cc1nnc(N)o1. The number of anilines is 1. The molecule has 9 heteroatoms. The molecule has 0 saturated carbocycles. The minimum atomic E-state index is -0.395. The van der Waals surface area contributed by atoms with Crippen LogP contribution in [0.3, 0.4) is 0 Å². The molecule has 0 aliphatic carbocycles. The van der Waals surface area contributed by atoms with Crippen molar-refractivity contribution < 1.29 is 9.21 Å². The number of hydrogen-bond acceptors (Lipinski definition) is 7. The third-order valence-electron chi connectivity index (χ3n) is 4.06. The number of benzene rings is 2. The molecular weight excluding hydrogens is 410 g/mol. The van der Waals surface area contributed by atoms with Crippen LogP contribution in [0.5, 0.6) is 0 Å². The molecule has 29 heavy (non-hydrogen) atoms. The Labute approximate surface area is 177 Å². The molecule has 2 N–H and O–H groups in total. The summed E-state index contributed by atoms with van der Waals surface area (Å²) < 4.78 is 5.25. The van der Waals surface area contributed by atoms with E-state index in [1.807, 2.05) is 37.3 Å². The van der Waals surface area contributed by atoms with Crippen molar-refractivity contribution in [2.75, 3.05) is 5.73 Å². The fourth-order valence-corrected chi connectivity index (χ4v) is 3.89. The van der Waals surface area contributed by atoms with Gasteiger partial charge in [-0.1, -0.05) is 41.0 Å². The highest BCUT2D eigenvalue weighted by Gasteiger charge is 2.24. The van der Waals surface area contributed by atoms with Gasteiger partial charge in [-0.15, -0.1) is 16.9 Å². The number of halogens is 1. The van der Waals surface area contributed by atoms with Crippen molar-refractivity contribution in [3.05, 3.63) is 70.6 Å². The summed E-state index contributed by atoms with van der Waals surface area (Å²) in [7, 11) is 0. The van der Waals surface area contributed by atoms with E-state index in [1.54, 1.807) is 23.1 Å². The van der Waals surface area contributed by atoms with Crippen molar-refractivity contribution in [2.45, 2.75) is 30.2 Å². The fourth-order valence-electron chi connectivity index (χ4n) is 2.65. The predicted octanol–water partition coefficient (Wildman–Crippen LogP) is 3.89. The maximum Gasteiger partial charge on any atom is 0.312 e. The largest absolute Gasteiger partial charge is 0.406 e. The van der Waals surface area contributed by atoms with Crippen molar-refractivity contribution in [3.8, 4) is 6.07 Å². The van der Waals surface area contributed by atoms with Crippen LogP contribution in [0.25, 0.3) is 0 Å². The van der Waals surface area contributed by atoms with Gasteiger partial charge in [0.1, 0.15) is 0 Å². The maximum atomic E-state index is 13.2. The number of hydrogen-bond donors (Lipinski definition) is 1. The topological polar surface area (TPSA) is 109 Å². The first-order chi connectivity index (χ1) is 14.0. The first-order valence-electron chi connectivity index (χ1n) is 8.73. The van der Waals surface area contributed by atoms with Crippen LogP contribution in [-0.4, -0.2) is 26.3 Å². The van der Waals surface area contributed by atoms with E-state index in [0.29, 0.717) is 17.1 Å². The molecule has 1 atom stereocenters. The molecule has 0 aliphatic heterocycles. The van der Waals surface area contributed by atoms with E-state index < -0.39 is 5.25 Å². The van der Waals surface area contributed by atoms with E-state index in [9.17, 15) is 4.79 Å². The van der Waals surface area contributed by atoms with Gasteiger partial charge in [0.15, 0.2) is 0 Å². The molecule has 2 aromatic carbocycles. The monoisotopic (exact) mass is 427 g/mol. The Morgan fingerprint density at radius 1 is 1.24 bits per heavy atom. The van der Waals surface area contributed by atoms with Crippen LogP contribution < -0.4 is 5.73 Å². The third-order valence-corrected chi connectivity index (χ3v) is 5.67. The lowest BCUT2D eigenvalue weighted by atomic mass is 10.1. The summed E-state index contributed by atoms with van der Waals surface area (Å²) in [5, 5.41) is 16.7. The molecule has 3 rings (SSSR count). The molecule has 0 unspecified atom stereocenters. The van der Waals surface area contributed by atoms with Crippen LogP contribution in [0.1, 0.15) is 23.9 Å². The first kappa shape index (κ1) is 20.7. The van der Waals surface area contributed by atoms with E-state index in [-0.39, 0.29) is 24.4 Å². The zero-order valence-corrected chi connectivity index (χ0v) is 17.2. The second-order valence-corrected chi connectivity index (χ2v) is 8.02. The van der Waals surface area contributed by atoms with Gasteiger partial charge in [-0.3, -0.25) is 4.79 Å². The van der Waals surface area contributed by atoms with Crippen molar-refractivity contribution in [2.24, 2.45) is 0 Å². The molecule has 0 saturated heterocycles. The van der Waals surface area contributed by atoms with Gasteiger partial charge in [-0.05, 0) is 36.8 Å². The molecule has 0 fully saturated rings. The third kappa shape index (κ3) is 5.50. The van der Waals surface area contributed by atoms with Gasteiger partial charge >= 0.3 is 6.01 Å². The van der Waals surface area contributed by atoms with Gasteiger partial charge in [0.25, 0.3) is 0 Å². The number of carbonyl (C=O) groups excluding carboxylic acids is 1.